The maximum atomic E-state index is 12.9. The van der Waals surface area contributed by atoms with Crippen molar-refractivity contribution in [1.82, 2.24) is 5.01 Å². The zero-order chi connectivity index (χ0) is 18.0. The molecule has 2 saturated carbocycles. The first kappa shape index (κ1) is 15.6. The number of hydrazone groups is 1. The first-order chi connectivity index (χ1) is 12.6. The van der Waals surface area contributed by atoms with Crippen LogP contribution in [-0.4, -0.2) is 37.3 Å². The molecule has 4 aliphatic carbocycles. The molecule has 1 aliphatic heterocycles. The summed E-state index contributed by atoms with van der Waals surface area (Å²) in [5.41, 5.74) is 0.688. The van der Waals surface area contributed by atoms with E-state index in [1.807, 2.05) is 0 Å². The second-order valence-electron chi connectivity index (χ2n) is 7.50. The van der Waals surface area contributed by atoms with E-state index in [-0.39, 0.29) is 35.5 Å². The number of benzene rings is 1. The largest absolute Gasteiger partial charge is 0.497 e. The number of nitrogens with zero attached hydrogens (tertiary/aromatic N) is 2. The van der Waals surface area contributed by atoms with Gasteiger partial charge < -0.3 is 9.47 Å². The molecule has 2 bridgehead atoms. The molecule has 0 N–H and O–H groups in total. The molecule has 6 atom stereocenters. The number of carbonyl (C=O) groups excluding carboxylic acids is 2. The van der Waals surface area contributed by atoms with Crippen LogP contribution in [0.5, 0.6) is 11.5 Å². The summed E-state index contributed by atoms with van der Waals surface area (Å²) >= 11 is 0. The van der Waals surface area contributed by atoms with E-state index >= 15 is 0 Å². The predicted octanol–water partition coefficient (Wildman–Crippen LogP) is 2.09. The van der Waals surface area contributed by atoms with Gasteiger partial charge in [0.05, 0.1) is 32.3 Å². The molecule has 134 valence electrons. The molecule has 0 aromatic heterocycles. The minimum Gasteiger partial charge on any atom is -0.497 e. The first-order valence-corrected chi connectivity index (χ1v) is 8.96. The van der Waals surface area contributed by atoms with Gasteiger partial charge in [-0.15, -0.1) is 0 Å². The van der Waals surface area contributed by atoms with Crippen LogP contribution in [-0.2, 0) is 9.59 Å². The molecule has 1 saturated heterocycles. The highest BCUT2D eigenvalue weighted by molar-refractivity contribution is 6.06. The van der Waals surface area contributed by atoms with Crippen LogP contribution in [0.2, 0.25) is 0 Å². The molecular formula is C20H20N2O4. The Morgan fingerprint density at radius 2 is 1.69 bits per heavy atom. The van der Waals surface area contributed by atoms with Crippen molar-refractivity contribution < 1.29 is 19.1 Å². The van der Waals surface area contributed by atoms with Crippen LogP contribution in [0.4, 0.5) is 0 Å². The molecule has 6 heteroatoms. The Morgan fingerprint density at radius 3 is 2.27 bits per heavy atom. The summed E-state index contributed by atoms with van der Waals surface area (Å²) in [5.74, 6) is 2.08. The Bertz CT molecular complexity index is 825. The number of amides is 2. The highest BCUT2D eigenvalue weighted by Gasteiger charge is 2.67. The highest BCUT2D eigenvalue weighted by Crippen LogP contribution is 2.65. The molecule has 1 aromatic rings. The van der Waals surface area contributed by atoms with Gasteiger partial charge in [0, 0.05) is 11.6 Å². The number of rotatable bonds is 4. The van der Waals surface area contributed by atoms with Gasteiger partial charge in [0.15, 0.2) is 0 Å². The van der Waals surface area contributed by atoms with Crippen molar-refractivity contribution in [3.8, 4) is 11.5 Å². The topological polar surface area (TPSA) is 68.2 Å². The Hall–Kier alpha value is -2.63. The van der Waals surface area contributed by atoms with Crippen LogP contribution in [0.1, 0.15) is 12.0 Å². The smallest absolute Gasteiger partial charge is 0.254 e. The summed E-state index contributed by atoms with van der Waals surface area (Å²) in [7, 11) is 3.14. The van der Waals surface area contributed by atoms with Crippen molar-refractivity contribution in [3.05, 3.63) is 35.9 Å². The summed E-state index contributed by atoms with van der Waals surface area (Å²) in [6.07, 6.45) is 6.99. The molecule has 26 heavy (non-hydrogen) atoms. The number of imide groups is 1. The second kappa shape index (κ2) is 5.43. The lowest BCUT2D eigenvalue weighted by Crippen LogP contribution is -2.40. The van der Waals surface area contributed by atoms with Crippen LogP contribution < -0.4 is 9.47 Å². The Morgan fingerprint density at radius 1 is 1.04 bits per heavy atom. The van der Waals surface area contributed by atoms with Crippen LogP contribution in [0.3, 0.4) is 0 Å². The van der Waals surface area contributed by atoms with Gasteiger partial charge in [-0.05, 0) is 42.2 Å². The van der Waals surface area contributed by atoms with Crippen LogP contribution in [0.15, 0.2) is 35.5 Å². The van der Waals surface area contributed by atoms with Crippen LogP contribution in [0, 0.1) is 35.5 Å². The van der Waals surface area contributed by atoms with E-state index in [0.29, 0.717) is 28.9 Å². The van der Waals surface area contributed by atoms with Gasteiger partial charge >= 0.3 is 0 Å². The van der Waals surface area contributed by atoms with Crippen LogP contribution >= 0.6 is 0 Å². The normalized spacial score (nSPS) is 36.5. The fraction of sp³-hybridized carbons (Fsp3) is 0.450. The van der Waals surface area contributed by atoms with E-state index in [1.165, 1.54) is 6.21 Å². The quantitative estimate of drug-likeness (QED) is 0.473. The van der Waals surface area contributed by atoms with E-state index in [1.54, 1.807) is 32.4 Å². The van der Waals surface area contributed by atoms with Gasteiger partial charge in [0.2, 0.25) is 0 Å². The van der Waals surface area contributed by atoms with Gasteiger partial charge in [-0.2, -0.15) is 10.1 Å². The fourth-order valence-corrected chi connectivity index (χ4v) is 5.10. The van der Waals surface area contributed by atoms with Crippen molar-refractivity contribution in [1.29, 1.82) is 0 Å². The molecule has 1 aromatic carbocycles. The maximum Gasteiger partial charge on any atom is 0.254 e. The Balaban J connectivity index is 1.43. The lowest BCUT2D eigenvalue weighted by Gasteiger charge is -2.37. The first-order valence-electron chi connectivity index (χ1n) is 8.96. The number of ether oxygens (including phenoxy) is 2. The number of hydrogen-bond acceptors (Lipinski definition) is 5. The number of methoxy groups -OCH3 is 2. The summed E-state index contributed by atoms with van der Waals surface area (Å²) in [6, 6.07) is 5.32. The molecule has 6 unspecified atom stereocenters. The molecular weight excluding hydrogens is 332 g/mol. The maximum absolute atomic E-state index is 12.9. The van der Waals surface area contributed by atoms with Crippen molar-refractivity contribution in [2.45, 2.75) is 6.42 Å². The summed E-state index contributed by atoms with van der Waals surface area (Å²) < 4.78 is 10.5. The second-order valence-corrected chi connectivity index (χ2v) is 7.50. The zero-order valence-corrected chi connectivity index (χ0v) is 14.7. The average molecular weight is 352 g/mol. The monoisotopic (exact) mass is 352 g/mol. The van der Waals surface area contributed by atoms with E-state index in [0.717, 1.165) is 11.4 Å². The van der Waals surface area contributed by atoms with E-state index in [4.69, 9.17) is 9.47 Å². The third kappa shape index (κ3) is 2.01. The van der Waals surface area contributed by atoms with Gasteiger partial charge in [-0.3, -0.25) is 9.59 Å². The van der Waals surface area contributed by atoms with Crippen molar-refractivity contribution >= 4 is 18.0 Å². The summed E-state index contributed by atoms with van der Waals surface area (Å²) in [5, 5.41) is 5.32. The van der Waals surface area contributed by atoms with Crippen molar-refractivity contribution in [2.24, 2.45) is 40.6 Å². The molecule has 6 nitrogen and oxygen atoms in total. The molecule has 6 rings (SSSR count). The molecule has 0 spiro atoms. The number of carbonyl (C=O) groups is 2. The Labute approximate surface area is 151 Å². The summed E-state index contributed by atoms with van der Waals surface area (Å²) in [6.45, 7) is 0. The standard InChI is InChI=1S/C20H20N2O4/c1-25-11-4-3-10(16(7-11)26-2)9-21-22-19(23)17-12-5-6-13(15-8-14(12)15)18(17)20(22)24/h3-7,9,12-15,17-18H,8H2,1-2H3. The molecule has 5 aliphatic rings. The molecule has 3 fully saturated rings. The predicted molar refractivity (Wildman–Crippen MR) is 93.7 cm³/mol. The van der Waals surface area contributed by atoms with Crippen molar-refractivity contribution in [3.63, 3.8) is 0 Å². The highest BCUT2D eigenvalue weighted by atomic mass is 16.5. The van der Waals surface area contributed by atoms with Gasteiger partial charge in [0.25, 0.3) is 11.8 Å². The third-order valence-electron chi connectivity index (χ3n) is 6.39. The number of allylic oxidation sites excluding steroid dienone is 2. The molecule has 2 amide bonds. The Kier molecular flexibility index (Phi) is 3.26. The molecule has 0 radical (unpaired) electrons. The number of hydrogen-bond donors (Lipinski definition) is 0. The van der Waals surface area contributed by atoms with Gasteiger partial charge in [-0.25, -0.2) is 0 Å². The molecule has 1 heterocycles. The zero-order valence-electron chi connectivity index (χ0n) is 14.7. The average Bonchev–Trinajstić information content (AvgIpc) is 3.45. The van der Waals surface area contributed by atoms with Crippen LogP contribution in [0.25, 0.3) is 0 Å². The SMILES string of the molecule is COc1ccc(C=NN2C(=O)C3C4C=CC(C5CC45)C3C2=O)c(OC)c1. The summed E-state index contributed by atoms with van der Waals surface area (Å²) in [4.78, 5) is 25.8. The fourth-order valence-electron chi connectivity index (χ4n) is 5.10. The van der Waals surface area contributed by atoms with Gasteiger partial charge in [-0.1, -0.05) is 12.2 Å². The van der Waals surface area contributed by atoms with Gasteiger partial charge in [0.1, 0.15) is 11.5 Å². The minimum absolute atomic E-state index is 0.159. The minimum atomic E-state index is -0.226. The third-order valence-corrected chi connectivity index (χ3v) is 6.39. The van der Waals surface area contributed by atoms with E-state index < -0.39 is 0 Å². The van der Waals surface area contributed by atoms with Crippen molar-refractivity contribution in [2.75, 3.05) is 14.2 Å². The lowest BCUT2D eigenvalue weighted by molar-refractivity contribution is -0.140. The van der Waals surface area contributed by atoms with E-state index in [9.17, 15) is 9.59 Å². The van der Waals surface area contributed by atoms with E-state index in [2.05, 4.69) is 17.3 Å². The lowest BCUT2D eigenvalue weighted by atomic mass is 9.63.